The highest BCUT2D eigenvalue weighted by atomic mass is 127. The molecular weight excluding hydrogens is 503 g/mol. The molecule has 0 spiro atoms. The molecule has 1 aromatic rings. The smallest absolute Gasteiger partial charge is 0.222 e. The van der Waals surface area contributed by atoms with Crippen molar-refractivity contribution in [1.29, 1.82) is 0 Å². The fourth-order valence-electron chi connectivity index (χ4n) is 3.79. The Balaban J connectivity index is 0.00000480. The summed E-state index contributed by atoms with van der Waals surface area (Å²) < 4.78 is 5.81. The van der Waals surface area contributed by atoms with Crippen LogP contribution >= 0.6 is 24.0 Å². The third-order valence-electron chi connectivity index (χ3n) is 5.49. The molecule has 0 aliphatic carbocycles. The van der Waals surface area contributed by atoms with Crippen molar-refractivity contribution in [3.05, 3.63) is 35.4 Å². The average Bonchev–Trinajstić information content (AvgIpc) is 2.75. The number of nitrogens with one attached hydrogen (secondary N) is 2. The molecule has 6 nitrogen and oxygen atoms in total. The van der Waals surface area contributed by atoms with Crippen LogP contribution in [-0.2, 0) is 22.5 Å². The van der Waals surface area contributed by atoms with E-state index in [9.17, 15) is 4.79 Å². The maximum Gasteiger partial charge on any atom is 0.222 e. The second kappa shape index (κ2) is 15.5. The Morgan fingerprint density at radius 1 is 1.19 bits per heavy atom. The number of hydrogen-bond donors (Lipinski definition) is 2. The topological polar surface area (TPSA) is 66.0 Å². The molecule has 1 aromatic carbocycles. The van der Waals surface area contributed by atoms with Crippen molar-refractivity contribution in [2.45, 2.75) is 66.0 Å². The highest BCUT2D eigenvalue weighted by Crippen LogP contribution is 2.19. The number of nitrogens with zero attached hydrogens (tertiary/aromatic N) is 2. The first-order chi connectivity index (χ1) is 14.5. The molecule has 1 aliphatic heterocycles. The zero-order valence-corrected chi connectivity index (χ0v) is 22.0. The van der Waals surface area contributed by atoms with Crippen molar-refractivity contribution >= 4 is 35.8 Å². The van der Waals surface area contributed by atoms with E-state index in [1.54, 1.807) is 0 Å². The van der Waals surface area contributed by atoms with Crippen molar-refractivity contribution in [2.24, 2.45) is 10.9 Å². The van der Waals surface area contributed by atoms with Crippen LogP contribution in [-0.4, -0.2) is 55.7 Å². The molecule has 1 aliphatic rings. The van der Waals surface area contributed by atoms with Gasteiger partial charge in [0.1, 0.15) is 0 Å². The van der Waals surface area contributed by atoms with E-state index in [0.717, 1.165) is 58.0 Å². The predicted molar refractivity (Wildman–Crippen MR) is 139 cm³/mol. The molecule has 0 bridgehead atoms. The van der Waals surface area contributed by atoms with Gasteiger partial charge in [0.25, 0.3) is 0 Å². The molecule has 0 fully saturated rings. The summed E-state index contributed by atoms with van der Waals surface area (Å²) in [6.07, 6.45) is 3.47. The van der Waals surface area contributed by atoms with E-state index in [1.165, 1.54) is 11.1 Å². The predicted octanol–water partition coefficient (Wildman–Crippen LogP) is 3.98. The molecule has 1 amide bonds. The monoisotopic (exact) mass is 544 g/mol. The largest absolute Gasteiger partial charge is 0.378 e. The summed E-state index contributed by atoms with van der Waals surface area (Å²) in [6, 6.07) is 8.42. The SMILES string of the molecule is CCNC(=NCCCC(=O)N1CCc2ccccc2C1)NCCC(OCC)C(C)C.I. The molecule has 2 N–H and O–H groups in total. The van der Waals surface area contributed by atoms with Crippen molar-refractivity contribution in [2.75, 3.05) is 32.8 Å². The third kappa shape index (κ3) is 9.76. The van der Waals surface area contributed by atoms with Gasteiger partial charge in [-0.3, -0.25) is 9.79 Å². The number of halogens is 1. The van der Waals surface area contributed by atoms with E-state index in [0.29, 0.717) is 18.9 Å². The van der Waals surface area contributed by atoms with Gasteiger partial charge in [-0.2, -0.15) is 0 Å². The van der Waals surface area contributed by atoms with Crippen LogP contribution in [0.3, 0.4) is 0 Å². The molecule has 0 saturated carbocycles. The Bertz CT molecular complexity index is 681. The van der Waals surface area contributed by atoms with Crippen LogP contribution in [0.15, 0.2) is 29.3 Å². The number of carbonyl (C=O) groups is 1. The number of aliphatic imine (C=N–C) groups is 1. The van der Waals surface area contributed by atoms with Crippen LogP contribution in [0.4, 0.5) is 0 Å². The van der Waals surface area contributed by atoms with Crippen LogP contribution in [0.2, 0.25) is 0 Å². The molecule has 0 aromatic heterocycles. The van der Waals surface area contributed by atoms with Gasteiger partial charge in [-0.1, -0.05) is 38.1 Å². The highest BCUT2D eigenvalue weighted by Gasteiger charge is 2.19. The Morgan fingerprint density at radius 3 is 2.61 bits per heavy atom. The molecule has 1 heterocycles. The maximum atomic E-state index is 12.6. The molecule has 176 valence electrons. The Hall–Kier alpha value is -1.35. The van der Waals surface area contributed by atoms with Gasteiger partial charge in [0.15, 0.2) is 5.96 Å². The maximum absolute atomic E-state index is 12.6. The van der Waals surface area contributed by atoms with Crippen molar-refractivity contribution in [3.8, 4) is 0 Å². The average molecular weight is 545 g/mol. The number of rotatable bonds is 11. The normalized spacial score (nSPS) is 14.6. The molecule has 2 rings (SSSR count). The van der Waals surface area contributed by atoms with Gasteiger partial charge in [-0.25, -0.2) is 0 Å². The van der Waals surface area contributed by atoms with Gasteiger partial charge in [-0.05, 0) is 50.2 Å². The molecule has 1 unspecified atom stereocenters. The van der Waals surface area contributed by atoms with Gasteiger partial charge >= 0.3 is 0 Å². The Morgan fingerprint density at radius 2 is 1.94 bits per heavy atom. The van der Waals surface area contributed by atoms with Gasteiger partial charge in [0.05, 0.1) is 6.10 Å². The lowest BCUT2D eigenvalue weighted by Crippen LogP contribution is -2.39. The van der Waals surface area contributed by atoms with E-state index in [4.69, 9.17) is 4.74 Å². The number of fused-ring (bicyclic) bond motifs is 1. The summed E-state index contributed by atoms with van der Waals surface area (Å²) in [4.78, 5) is 19.2. The second-order valence-corrected chi connectivity index (χ2v) is 8.15. The number of hydrogen-bond acceptors (Lipinski definition) is 3. The van der Waals surface area contributed by atoms with E-state index >= 15 is 0 Å². The van der Waals surface area contributed by atoms with Crippen LogP contribution < -0.4 is 10.6 Å². The summed E-state index contributed by atoms with van der Waals surface area (Å²) in [5.41, 5.74) is 2.65. The zero-order chi connectivity index (χ0) is 21.8. The molecular formula is C24H41IN4O2. The van der Waals surface area contributed by atoms with Crippen molar-refractivity contribution in [3.63, 3.8) is 0 Å². The third-order valence-corrected chi connectivity index (χ3v) is 5.49. The van der Waals surface area contributed by atoms with Gasteiger partial charge in [0, 0.05) is 45.8 Å². The highest BCUT2D eigenvalue weighted by molar-refractivity contribution is 14.0. The van der Waals surface area contributed by atoms with E-state index in [-0.39, 0.29) is 36.0 Å². The number of benzene rings is 1. The second-order valence-electron chi connectivity index (χ2n) is 8.15. The zero-order valence-electron chi connectivity index (χ0n) is 19.7. The Labute approximate surface area is 205 Å². The standard InChI is InChI=1S/C24H40N4O2.HI/c1-5-25-24(27-16-13-22(19(3)4)30-6-2)26-15-9-12-23(29)28-17-14-20-10-7-8-11-21(20)18-28;/h7-8,10-11,19,22H,5-6,9,12-18H2,1-4H3,(H2,25,26,27);1H. The first kappa shape index (κ1) is 27.7. The van der Waals surface area contributed by atoms with Gasteiger partial charge < -0.3 is 20.3 Å². The summed E-state index contributed by atoms with van der Waals surface area (Å²) in [5.74, 6) is 1.55. The minimum Gasteiger partial charge on any atom is -0.378 e. The van der Waals surface area contributed by atoms with E-state index < -0.39 is 0 Å². The number of carbonyl (C=O) groups excluding carboxylic acids is 1. The van der Waals surface area contributed by atoms with Crippen molar-refractivity contribution in [1.82, 2.24) is 15.5 Å². The summed E-state index contributed by atoms with van der Waals surface area (Å²) in [7, 11) is 0. The quantitative estimate of drug-likeness (QED) is 0.192. The molecule has 0 radical (unpaired) electrons. The first-order valence-electron chi connectivity index (χ1n) is 11.5. The number of guanidine groups is 1. The van der Waals surface area contributed by atoms with E-state index in [1.807, 2.05) is 11.8 Å². The van der Waals surface area contributed by atoms with Crippen LogP contribution in [0.5, 0.6) is 0 Å². The lowest BCUT2D eigenvalue weighted by atomic mass is 9.99. The fraction of sp³-hybridized carbons (Fsp3) is 0.667. The summed E-state index contributed by atoms with van der Waals surface area (Å²) in [6.45, 7) is 13.1. The van der Waals surface area contributed by atoms with Crippen LogP contribution in [0.25, 0.3) is 0 Å². The first-order valence-corrected chi connectivity index (χ1v) is 11.5. The lowest BCUT2D eigenvalue weighted by Gasteiger charge is -2.28. The minimum absolute atomic E-state index is 0. The Kier molecular flexibility index (Phi) is 13.8. The minimum atomic E-state index is 0. The lowest BCUT2D eigenvalue weighted by molar-refractivity contribution is -0.132. The fourth-order valence-corrected chi connectivity index (χ4v) is 3.79. The summed E-state index contributed by atoms with van der Waals surface area (Å²) in [5, 5.41) is 6.67. The van der Waals surface area contributed by atoms with Crippen LogP contribution in [0.1, 0.15) is 58.1 Å². The number of amides is 1. The summed E-state index contributed by atoms with van der Waals surface area (Å²) >= 11 is 0. The van der Waals surface area contributed by atoms with Gasteiger partial charge in [-0.15, -0.1) is 24.0 Å². The van der Waals surface area contributed by atoms with Crippen LogP contribution in [0, 0.1) is 5.92 Å². The molecule has 0 saturated heterocycles. The molecule has 1 atom stereocenters. The molecule has 31 heavy (non-hydrogen) atoms. The van der Waals surface area contributed by atoms with Gasteiger partial charge in [0.2, 0.25) is 5.91 Å². The van der Waals surface area contributed by atoms with Crippen molar-refractivity contribution < 1.29 is 9.53 Å². The van der Waals surface area contributed by atoms with E-state index in [2.05, 4.69) is 60.7 Å². The number of ether oxygens (including phenoxy) is 1. The molecule has 7 heteroatoms.